The van der Waals surface area contributed by atoms with Crippen LogP contribution in [0.1, 0.15) is 11.3 Å². The largest absolute Gasteiger partial charge is 0.329 e. The van der Waals surface area contributed by atoms with Crippen molar-refractivity contribution in [3.8, 4) is 0 Å². The predicted octanol–water partition coefficient (Wildman–Crippen LogP) is 2.67. The number of aromatic nitrogens is 2. The average molecular weight is 207 g/mol. The highest BCUT2D eigenvalue weighted by atomic mass is 35.5. The van der Waals surface area contributed by atoms with Gasteiger partial charge in [0.2, 0.25) is 0 Å². The SMILES string of the molecule is ClCc1cncn1Cc1ccccc1. The first-order valence-corrected chi connectivity index (χ1v) is 5.02. The molecule has 2 aromatic rings. The van der Waals surface area contributed by atoms with Gasteiger partial charge in [-0.25, -0.2) is 4.98 Å². The molecule has 0 atom stereocenters. The summed E-state index contributed by atoms with van der Waals surface area (Å²) < 4.78 is 2.06. The molecule has 2 rings (SSSR count). The van der Waals surface area contributed by atoms with E-state index in [-0.39, 0.29) is 0 Å². The zero-order valence-electron chi connectivity index (χ0n) is 7.73. The van der Waals surface area contributed by atoms with Gasteiger partial charge in [0, 0.05) is 12.7 Å². The van der Waals surface area contributed by atoms with Gasteiger partial charge < -0.3 is 4.57 Å². The number of hydrogen-bond donors (Lipinski definition) is 0. The molecule has 0 aliphatic rings. The smallest absolute Gasteiger partial charge is 0.0951 e. The van der Waals surface area contributed by atoms with E-state index in [4.69, 9.17) is 11.6 Å². The Hall–Kier alpha value is -1.28. The molecule has 0 unspecified atom stereocenters. The van der Waals surface area contributed by atoms with E-state index in [1.807, 2.05) is 24.5 Å². The van der Waals surface area contributed by atoms with Crippen LogP contribution in [0, 0.1) is 0 Å². The van der Waals surface area contributed by atoms with E-state index in [9.17, 15) is 0 Å². The van der Waals surface area contributed by atoms with Crippen LogP contribution in [0.25, 0.3) is 0 Å². The Morgan fingerprint density at radius 1 is 1.21 bits per heavy atom. The molecular weight excluding hydrogens is 196 g/mol. The maximum atomic E-state index is 5.78. The Kier molecular flexibility index (Phi) is 2.84. The van der Waals surface area contributed by atoms with Crippen molar-refractivity contribution in [1.82, 2.24) is 9.55 Å². The van der Waals surface area contributed by atoms with E-state index >= 15 is 0 Å². The van der Waals surface area contributed by atoms with Crippen LogP contribution in [0.5, 0.6) is 0 Å². The van der Waals surface area contributed by atoms with Gasteiger partial charge in [0.05, 0.1) is 17.9 Å². The molecule has 0 saturated carbocycles. The van der Waals surface area contributed by atoms with E-state index < -0.39 is 0 Å². The normalized spacial score (nSPS) is 10.4. The van der Waals surface area contributed by atoms with Gasteiger partial charge in [-0.05, 0) is 5.56 Å². The Labute approximate surface area is 88.2 Å². The molecule has 0 amide bonds. The van der Waals surface area contributed by atoms with Crippen LogP contribution in [0.3, 0.4) is 0 Å². The highest BCUT2D eigenvalue weighted by Gasteiger charge is 2.00. The highest BCUT2D eigenvalue weighted by Crippen LogP contribution is 2.07. The van der Waals surface area contributed by atoms with Crippen molar-refractivity contribution in [2.24, 2.45) is 0 Å². The van der Waals surface area contributed by atoms with Gasteiger partial charge in [0.1, 0.15) is 0 Å². The first kappa shape index (κ1) is 9.28. The Morgan fingerprint density at radius 2 is 2.00 bits per heavy atom. The summed E-state index contributed by atoms with van der Waals surface area (Å²) in [4.78, 5) is 4.07. The minimum Gasteiger partial charge on any atom is -0.329 e. The third-order valence-electron chi connectivity index (χ3n) is 2.13. The molecule has 0 spiro atoms. The summed E-state index contributed by atoms with van der Waals surface area (Å²) in [5.74, 6) is 0.507. The van der Waals surface area contributed by atoms with Crippen LogP contribution in [-0.4, -0.2) is 9.55 Å². The van der Waals surface area contributed by atoms with Crippen LogP contribution in [0.2, 0.25) is 0 Å². The maximum Gasteiger partial charge on any atom is 0.0951 e. The molecule has 0 N–H and O–H groups in total. The molecule has 2 nitrogen and oxygen atoms in total. The molecular formula is C11H11ClN2. The summed E-state index contributed by atoms with van der Waals surface area (Å²) in [6.07, 6.45) is 3.61. The van der Waals surface area contributed by atoms with Gasteiger partial charge >= 0.3 is 0 Å². The predicted molar refractivity (Wildman–Crippen MR) is 57.3 cm³/mol. The van der Waals surface area contributed by atoms with Crippen LogP contribution in [0.4, 0.5) is 0 Å². The van der Waals surface area contributed by atoms with Crippen LogP contribution in [0.15, 0.2) is 42.9 Å². The van der Waals surface area contributed by atoms with E-state index in [1.54, 1.807) is 6.20 Å². The third kappa shape index (κ3) is 1.96. The second-order valence-electron chi connectivity index (χ2n) is 3.13. The highest BCUT2D eigenvalue weighted by molar-refractivity contribution is 6.16. The topological polar surface area (TPSA) is 17.8 Å². The van der Waals surface area contributed by atoms with Crippen molar-refractivity contribution in [3.63, 3.8) is 0 Å². The summed E-state index contributed by atoms with van der Waals surface area (Å²) in [5, 5.41) is 0. The lowest BCUT2D eigenvalue weighted by molar-refractivity contribution is 0.765. The molecule has 0 aliphatic carbocycles. The lowest BCUT2D eigenvalue weighted by Gasteiger charge is -2.05. The zero-order valence-corrected chi connectivity index (χ0v) is 8.48. The summed E-state index contributed by atoms with van der Waals surface area (Å²) in [5.41, 5.74) is 2.31. The van der Waals surface area contributed by atoms with Crippen molar-refractivity contribution in [3.05, 3.63) is 54.1 Å². The summed E-state index contributed by atoms with van der Waals surface area (Å²) >= 11 is 5.78. The third-order valence-corrected chi connectivity index (χ3v) is 2.41. The second-order valence-corrected chi connectivity index (χ2v) is 3.40. The fraction of sp³-hybridized carbons (Fsp3) is 0.182. The number of rotatable bonds is 3. The van der Waals surface area contributed by atoms with Crippen molar-refractivity contribution < 1.29 is 0 Å². The molecule has 1 aromatic heterocycles. The lowest BCUT2D eigenvalue weighted by atomic mass is 10.2. The maximum absolute atomic E-state index is 5.78. The standard InChI is InChI=1S/C11H11ClN2/c12-6-11-7-13-9-14(11)8-10-4-2-1-3-5-10/h1-5,7,9H,6,8H2. The molecule has 72 valence electrons. The van der Waals surface area contributed by atoms with E-state index in [0.717, 1.165) is 12.2 Å². The van der Waals surface area contributed by atoms with Gasteiger partial charge in [-0.2, -0.15) is 0 Å². The number of imidazole rings is 1. The van der Waals surface area contributed by atoms with Gasteiger partial charge in [0.25, 0.3) is 0 Å². The quantitative estimate of drug-likeness (QED) is 0.707. The van der Waals surface area contributed by atoms with Crippen molar-refractivity contribution in [2.45, 2.75) is 12.4 Å². The summed E-state index contributed by atoms with van der Waals surface area (Å²) in [6, 6.07) is 10.3. The van der Waals surface area contributed by atoms with Crippen LogP contribution in [-0.2, 0) is 12.4 Å². The summed E-state index contributed by atoms with van der Waals surface area (Å²) in [6.45, 7) is 0.836. The van der Waals surface area contributed by atoms with Crippen molar-refractivity contribution >= 4 is 11.6 Å². The molecule has 0 fully saturated rings. The average Bonchev–Trinajstić information content (AvgIpc) is 2.67. The van der Waals surface area contributed by atoms with E-state index in [1.165, 1.54) is 5.56 Å². The second kappa shape index (κ2) is 4.29. The first-order chi connectivity index (χ1) is 6.90. The fourth-order valence-electron chi connectivity index (χ4n) is 1.38. The minimum atomic E-state index is 0.507. The molecule has 1 heterocycles. The molecule has 0 bridgehead atoms. The van der Waals surface area contributed by atoms with Crippen LogP contribution < -0.4 is 0 Å². The molecule has 0 radical (unpaired) electrons. The molecule has 0 saturated heterocycles. The van der Waals surface area contributed by atoms with Gasteiger partial charge in [-0.15, -0.1) is 11.6 Å². The molecule has 14 heavy (non-hydrogen) atoms. The number of hydrogen-bond acceptors (Lipinski definition) is 1. The Balaban J connectivity index is 2.19. The van der Waals surface area contributed by atoms with Crippen LogP contribution >= 0.6 is 11.6 Å². The number of nitrogens with zero attached hydrogens (tertiary/aromatic N) is 2. The molecule has 3 heteroatoms. The van der Waals surface area contributed by atoms with Gasteiger partial charge in [0.15, 0.2) is 0 Å². The number of alkyl halides is 1. The Morgan fingerprint density at radius 3 is 2.71 bits per heavy atom. The first-order valence-electron chi connectivity index (χ1n) is 4.49. The fourth-order valence-corrected chi connectivity index (χ4v) is 1.60. The summed E-state index contributed by atoms with van der Waals surface area (Å²) in [7, 11) is 0. The van der Waals surface area contributed by atoms with Gasteiger partial charge in [-0.3, -0.25) is 0 Å². The van der Waals surface area contributed by atoms with E-state index in [0.29, 0.717) is 5.88 Å². The van der Waals surface area contributed by atoms with Crippen molar-refractivity contribution in [2.75, 3.05) is 0 Å². The lowest BCUT2D eigenvalue weighted by Crippen LogP contribution is -2.01. The van der Waals surface area contributed by atoms with Gasteiger partial charge in [-0.1, -0.05) is 30.3 Å². The van der Waals surface area contributed by atoms with E-state index in [2.05, 4.69) is 21.7 Å². The zero-order chi connectivity index (χ0) is 9.80. The minimum absolute atomic E-state index is 0.507. The monoisotopic (exact) mass is 206 g/mol. The molecule has 1 aromatic carbocycles. The Bertz CT molecular complexity index is 395. The number of benzene rings is 1. The van der Waals surface area contributed by atoms with Crippen molar-refractivity contribution in [1.29, 1.82) is 0 Å². The molecule has 0 aliphatic heterocycles. The number of halogens is 1.